The van der Waals surface area contributed by atoms with Gasteiger partial charge in [0.25, 0.3) is 5.91 Å². The van der Waals surface area contributed by atoms with Gasteiger partial charge in [-0.05, 0) is 24.6 Å². The third-order valence-corrected chi connectivity index (χ3v) is 2.76. The average molecular weight is 279 g/mol. The van der Waals surface area contributed by atoms with Crippen LogP contribution in [0.15, 0.2) is 30.6 Å². The highest BCUT2D eigenvalue weighted by molar-refractivity contribution is 6.31. The number of rotatable bonds is 5. The summed E-state index contributed by atoms with van der Waals surface area (Å²) >= 11 is 5.95. The Labute approximate surface area is 116 Å². The number of carbonyl (C=O) groups excluding carboxylic acids is 1. The summed E-state index contributed by atoms with van der Waals surface area (Å²) in [5, 5.41) is 6.40. The van der Waals surface area contributed by atoms with Gasteiger partial charge in [0.05, 0.1) is 5.56 Å². The molecule has 1 aromatic carbocycles. The Morgan fingerprint density at radius 2 is 2.32 bits per heavy atom. The van der Waals surface area contributed by atoms with Crippen molar-refractivity contribution in [1.29, 1.82) is 0 Å². The van der Waals surface area contributed by atoms with E-state index in [0.717, 1.165) is 18.7 Å². The molecule has 0 aliphatic rings. The Kier molecular flexibility index (Phi) is 4.41. The lowest BCUT2D eigenvalue weighted by Gasteiger charge is -2.11. The lowest BCUT2D eigenvalue weighted by atomic mass is 10.1. The zero-order chi connectivity index (χ0) is 13.7. The first kappa shape index (κ1) is 13.4. The second kappa shape index (κ2) is 6.24. The highest BCUT2D eigenvalue weighted by Gasteiger charge is 2.13. The van der Waals surface area contributed by atoms with Crippen LogP contribution in [-0.4, -0.2) is 22.4 Å². The van der Waals surface area contributed by atoms with Crippen molar-refractivity contribution in [2.45, 2.75) is 13.3 Å². The van der Waals surface area contributed by atoms with E-state index in [9.17, 15) is 4.79 Å². The molecule has 0 saturated heterocycles. The number of aromatic nitrogens is 2. The minimum atomic E-state index is -0.254. The van der Waals surface area contributed by atoms with Crippen LogP contribution in [-0.2, 0) is 0 Å². The van der Waals surface area contributed by atoms with E-state index in [0.29, 0.717) is 16.5 Å². The van der Waals surface area contributed by atoms with Crippen LogP contribution in [0.4, 0.5) is 11.6 Å². The molecule has 0 fully saturated rings. The van der Waals surface area contributed by atoms with Gasteiger partial charge in [-0.15, -0.1) is 0 Å². The predicted octanol–water partition coefficient (Wildman–Crippen LogP) is 3.14. The molecule has 0 aliphatic carbocycles. The van der Waals surface area contributed by atoms with Crippen molar-refractivity contribution in [1.82, 2.24) is 9.97 Å². The van der Waals surface area contributed by atoms with Gasteiger partial charge < -0.3 is 10.3 Å². The Balaban J connectivity index is 2.21. The number of anilines is 2. The molecule has 1 aromatic heterocycles. The minimum absolute atomic E-state index is 0.254. The van der Waals surface area contributed by atoms with E-state index >= 15 is 0 Å². The maximum absolute atomic E-state index is 12.2. The molecule has 3 N–H and O–H groups in total. The minimum Gasteiger partial charge on any atom is -0.384 e. The van der Waals surface area contributed by atoms with Crippen molar-refractivity contribution in [2.75, 3.05) is 17.2 Å². The molecule has 1 amide bonds. The lowest BCUT2D eigenvalue weighted by molar-refractivity contribution is 0.102. The van der Waals surface area contributed by atoms with E-state index < -0.39 is 0 Å². The van der Waals surface area contributed by atoms with E-state index in [2.05, 4.69) is 27.5 Å². The highest BCUT2D eigenvalue weighted by atomic mass is 35.5. The fraction of sp³-hybridized carbons (Fsp3) is 0.231. The molecule has 6 heteroatoms. The number of aromatic amines is 1. The van der Waals surface area contributed by atoms with Crippen LogP contribution in [0.25, 0.3) is 0 Å². The number of nitrogens with one attached hydrogen (secondary N) is 3. The molecule has 0 unspecified atom stereocenters. The van der Waals surface area contributed by atoms with Gasteiger partial charge in [-0.1, -0.05) is 18.5 Å². The number of imidazole rings is 1. The van der Waals surface area contributed by atoms with Crippen molar-refractivity contribution in [3.63, 3.8) is 0 Å². The zero-order valence-corrected chi connectivity index (χ0v) is 11.3. The number of benzene rings is 1. The third-order valence-electron chi connectivity index (χ3n) is 2.52. The zero-order valence-electron chi connectivity index (χ0n) is 10.5. The monoisotopic (exact) mass is 278 g/mol. The topological polar surface area (TPSA) is 69.8 Å². The lowest BCUT2D eigenvalue weighted by Crippen LogP contribution is -2.16. The van der Waals surface area contributed by atoms with Crippen LogP contribution in [0.3, 0.4) is 0 Å². The molecule has 0 saturated carbocycles. The smallest absolute Gasteiger partial charge is 0.260 e. The van der Waals surface area contributed by atoms with E-state index in [1.165, 1.54) is 0 Å². The summed E-state index contributed by atoms with van der Waals surface area (Å²) in [5.41, 5.74) is 1.26. The normalized spacial score (nSPS) is 10.2. The molecular formula is C13H15ClN4O. The Morgan fingerprint density at radius 1 is 1.47 bits per heavy atom. The van der Waals surface area contributed by atoms with Crippen LogP contribution in [0.2, 0.25) is 5.02 Å². The van der Waals surface area contributed by atoms with E-state index in [-0.39, 0.29) is 5.91 Å². The second-order valence-corrected chi connectivity index (χ2v) is 4.45. The highest BCUT2D eigenvalue weighted by Crippen LogP contribution is 2.21. The number of amides is 1. The standard InChI is InChI=1S/C13H15ClN4O/c1-2-5-15-11-4-3-9(14)8-10(11)12(19)18-13-16-6-7-17-13/h3-4,6-8,15H,2,5H2,1H3,(H2,16,17,18,19). The summed E-state index contributed by atoms with van der Waals surface area (Å²) in [6.45, 7) is 2.86. The van der Waals surface area contributed by atoms with Crippen molar-refractivity contribution >= 4 is 29.1 Å². The first-order valence-corrected chi connectivity index (χ1v) is 6.42. The molecule has 5 nitrogen and oxygen atoms in total. The maximum Gasteiger partial charge on any atom is 0.260 e. The van der Waals surface area contributed by atoms with Crippen molar-refractivity contribution < 1.29 is 4.79 Å². The summed E-state index contributed by atoms with van der Waals surface area (Å²) in [6.07, 6.45) is 4.19. The van der Waals surface area contributed by atoms with Crippen molar-refractivity contribution in [2.24, 2.45) is 0 Å². The largest absolute Gasteiger partial charge is 0.384 e. The fourth-order valence-electron chi connectivity index (χ4n) is 1.63. The predicted molar refractivity (Wildman–Crippen MR) is 76.8 cm³/mol. The third kappa shape index (κ3) is 3.48. The van der Waals surface area contributed by atoms with Crippen LogP contribution in [0.1, 0.15) is 23.7 Å². The number of nitrogens with zero attached hydrogens (tertiary/aromatic N) is 1. The fourth-order valence-corrected chi connectivity index (χ4v) is 1.80. The number of hydrogen-bond donors (Lipinski definition) is 3. The number of halogens is 1. The van der Waals surface area contributed by atoms with Gasteiger partial charge in [0.15, 0.2) is 0 Å². The number of carbonyl (C=O) groups is 1. The summed E-state index contributed by atoms with van der Waals surface area (Å²) in [7, 11) is 0. The Bertz CT molecular complexity index is 554. The van der Waals surface area contributed by atoms with Gasteiger partial charge in [0.2, 0.25) is 5.95 Å². The average Bonchev–Trinajstić information content (AvgIpc) is 2.90. The molecule has 2 rings (SSSR count). The summed E-state index contributed by atoms with van der Waals surface area (Å²) in [5.74, 6) is 0.155. The molecule has 19 heavy (non-hydrogen) atoms. The van der Waals surface area contributed by atoms with Crippen molar-refractivity contribution in [3.8, 4) is 0 Å². The van der Waals surface area contributed by atoms with E-state index in [4.69, 9.17) is 11.6 Å². The molecule has 100 valence electrons. The Hall–Kier alpha value is -2.01. The molecule has 0 spiro atoms. The van der Waals surface area contributed by atoms with Gasteiger partial charge in [-0.2, -0.15) is 0 Å². The van der Waals surface area contributed by atoms with Gasteiger partial charge in [-0.25, -0.2) is 4.98 Å². The van der Waals surface area contributed by atoms with E-state index in [1.807, 2.05) is 0 Å². The SMILES string of the molecule is CCCNc1ccc(Cl)cc1C(=O)Nc1ncc[nH]1. The Morgan fingerprint density at radius 3 is 3.00 bits per heavy atom. The molecule has 0 radical (unpaired) electrons. The molecule has 0 aliphatic heterocycles. The van der Waals surface area contributed by atoms with Crippen LogP contribution in [0.5, 0.6) is 0 Å². The molecular weight excluding hydrogens is 264 g/mol. The molecule has 1 heterocycles. The van der Waals surface area contributed by atoms with Crippen LogP contribution in [0, 0.1) is 0 Å². The first-order chi connectivity index (χ1) is 9.20. The van der Waals surface area contributed by atoms with Gasteiger partial charge in [0, 0.05) is 29.6 Å². The first-order valence-electron chi connectivity index (χ1n) is 6.05. The summed E-state index contributed by atoms with van der Waals surface area (Å²) < 4.78 is 0. The maximum atomic E-state index is 12.2. The second-order valence-electron chi connectivity index (χ2n) is 4.01. The molecule has 0 atom stereocenters. The van der Waals surface area contributed by atoms with Crippen LogP contribution >= 0.6 is 11.6 Å². The van der Waals surface area contributed by atoms with Gasteiger partial charge in [0.1, 0.15) is 0 Å². The summed E-state index contributed by atoms with van der Waals surface area (Å²) in [6, 6.07) is 5.19. The van der Waals surface area contributed by atoms with Crippen LogP contribution < -0.4 is 10.6 Å². The molecule has 0 bridgehead atoms. The van der Waals surface area contributed by atoms with Gasteiger partial charge >= 0.3 is 0 Å². The van der Waals surface area contributed by atoms with E-state index in [1.54, 1.807) is 30.6 Å². The quantitative estimate of drug-likeness (QED) is 0.787. The summed E-state index contributed by atoms with van der Waals surface area (Å²) in [4.78, 5) is 19.0. The number of H-pyrrole nitrogens is 1. The van der Waals surface area contributed by atoms with Crippen molar-refractivity contribution in [3.05, 3.63) is 41.2 Å². The molecule has 2 aromatic rings. The number of hydrogen-bond acceptors (Lipinski definition) is 3. The van der Waals surface area contributed by atoms with Gasteiger partial charge in [-0.3, -0.25) is 10.1 Å².